The minimum atomic E-state index is 0.0185. The summed E-state index contributed by atoms with van der Waals surface area (Å²) in [7, 11) is 0. The van der Waals surface area contributed by atoms with Gasteiger partial charge in [0.2, 0.25) is 0 Å². The van der Waals surface area contributed by atoms with Crippen LogP contribution in [-0.4, -0.2) is 28.3 Å². The van der Waals surface area contributed by atoms with Gasteiger partial charge in [0.25, 0.3) is 0 Å². The lowest BCUT2D eigenvalue weighted by atomic mass is 10.2. The van der Waals surface area contributed by atoms with Gasteiger partial charge in [-0.15, -0.1) is 0 Å². The number of benzene rings is 2. The molecule has 0 aliphatic heterocycles. The summed E-state index contributed by atoms with van der Waals surface area (Å²) in [6, 6.07) is 13.8. The molecule has 4 nitrogen and oxygen atoms in total. The molecule has 0 aliphatic carbocycles. The summed E-state index contributed by atoms with van der Waals surface area (Å²) in [5.74, 6) is 1.60. The predicted molar refractivity (Wildman–Crippen MR) is 78.8 cm³/mol. The molecule has 0 bridgehead atoms. The van der Waals surface area contributed by atoms with Crippen LogP contribution in [0.15, 0.2) is 42.5 Å². The van der Waals surface area contributed by atoms with Crippen molar-refractivity contribution in [3.63, 3.8) is 0 Å². The number of fused-ring (bicyclic) bond motifs is 1. The molecule has 102 valence electrons. The van der Waals surface area contributed by atoms with Crippen LogP contribution in [0.2, 0.25) is 0 Å². The maximum absolute atomic E-state index is 8.73. The Balaban J connectivity index is 1.92. The average Bonchev–Trinajstić information content (AvgIpc) is 2.91. The fourth-order valence-electron chi connectivity index (χ4n) is 2.18. The molecule has 1 heterocycles. The second-order valence-electron chi connectivity index (χ2n) is 4.65. The number of aryl methyl sites for hydroxylation is 1. The molecule has 0 fully saturated rings. The van der Waals surface area contributed by atoms with Gasteiger partial charge in [0.1, 0.15) is 18.2 Å². The highest BCUT2D eigenvalue weighted by Crippen LogP contribution is 2.24. The molecule has 20 heavy (non-hydrogen) atoms. The van der Waals surface area contributed by atoms with Gasteiger partial charge in [-0.3, -0.25) is 0 Å². The Hall–Kier alpha value is -2.33. The molecule has 0 atom stereocenters. The lowest BCUT2D eigenvalue weighted by Crippen LogP contribution is -2.01. The number of aromatic nitrogens is 2. The maximum Gasteiger partial charge on any atom is 0.138 e. The standard InChI is InChI=1S/C16H16N2O2/c1-11-3-2-4-14-15(11)18-16(17-14)12-5-7-13(8-6-12)20-10-9-19/h2-8,19H,9-10H2,1H3,(H,17,18). The van der Waals surface area contributed by atoms with E-state index >= 15 is 0 Å². The van der Waals surface area contributed by atoms with Gasteiger partial charge in [-0.2, -0.15) is 0 Å². The summed E-state index contributed by atoms with van der Waals surface area (Å²) in [5.41, 5.74) is 4.22. The molecule has 3 rings (SSSR count). The molecule has 0 saturated carbocycles. The number of H-pyrrole nitrogens is 1. The smallest absolute Gasteiger partial charge is 0.138 e. The van der Waals surface area contributed by atoms with Gasteiger partial charge in [-0.1, -0.05) is 12.1 Å². The number of hydrogen-bond acceptors (Lipinski definition) is 3. The van der Waals surface area contributed by atoms with Crippen LogP contribution < -0.4 is 4.74 Å². The van der Waals surface area contributed by atoms with Gasteiger partial charge < -0.3 is 14.8 Å². The number of nitrogens with one attached hydrogen (secondary N) is 1. The Morgan fingerprint density at radius 3 is 2.65 bits per heavy atom. The molecule has 2 aromatic carbocycles. The SMILES string of the molecule is Cc1cccc2[nH]c(-c3ccc(OCCO)cc3)nc12. The second kappa shape index (κ2) is 5.35. The minimum Gasteiger partial charge on any atom is -0.491 e. The zero-order chi connectivity index (χ0) is 13.9. The Morgan fingerprint density at radius 1 is 1.15 bits per heavy atom. The third-order valence-corrected chi connectivity index (χ3v) is 3.20. The zero-order valence-corrected chi connectivity index (χ0v) is 11.3. The number of para-hydroxylation sites is 1. The normalized spacial score (nSPS) is 10.9. The second-order valence-corrected chi connectivity index (χ2v) is 4.65. The van der Waals surface area contributed by atoms with Gasteiger partial charge in [-0.25, -0.2) is 4.98 Å². The number of aromatic amines is 1. The van der Waals surface area contributed by atoms with Gasteiger partial charge >= 0.3 is 0 Å². The Labute approximate surface area is 117 Å². The van der Waals surface area contributed by atoms with E-state index < -0.39 is 0 Å². The van der Waals surface area contributed by atoms with Crippen molar-refractivity contribution in [2.24, 2.45) is 0 Å². The number of aliphatic hydroxyl groups is 1. The van der Waals surface area contributed by atoms with Crippen molar-refractivity contribution in [1.29, 1.82) is 0 Å². The maximum atomic E-state index is 8.73. The van der Waals surface area contributed by atoms with Gasteiger partial charge in [-0.05, 0) is 42.8 Å². The van der Waals surface area contributed by atoms with Crippen molar-refractivity contribution >= 4 is 11.0 Å². The van der Waals surface area contributed by atoms with Crippen LogP contribution in [0.3, 0.4) is 0 Å². The fraction of sp³-hybridized carbons (Fsp3) is 0.188. The van der Waals surface area contributed by atoms with E-state index in [1.807, 2.05) is 36.4 Å². The molecule has 0 aliphatic rings. The summed E-state index contributed by atoms with van der Waals surface area (Å²) in [6.07, 6.45) is 0. The van der Waals surface area contributed by atoms with Crippen LogP contribution in [-0.2, 0) is 0 Å². The van der Waals surface area contributed by atoms with Crippen molar-refractivity contribution in [2.75, 3.05) is 13.2 Å². The first-order valence-electron chi connectivity index (χ1n) is 6.57. The Morgan fingerprint density at radius 2 is 1.95 bits per heavy atom. The predicted octanol–water partition coefficient (Wildman–Crippen LogP) is 2.91. The third kappa shape index (κ3) is 2.38. The van der Waals surface area contributed by atoms with Crippen LogP contribution >= 0.6 is 0 Å². The number of aliphatic hydroxyl groups excluding tert-OH is 1. The highest BCUT2D eigenvalue weighted by molar-refractivity contribution is 5.82. The van der Waals surface area contributed by atoms with Crippen molar-refractivity contribution < 1.29 is 9.84 Å². The van der Waals surface area contributed by atoms with Crippen molar-refractivity contribution in [3.8, 4) is 17.1 Å². The van der Waals surface area contributed by atoms with Crippen LogP contribution in [0, 0.1) is 6.92 Å². The lowest BCUT2D eigenvalue weighted by Gasteiger charge is -2.04. The van der Waals surface area contributed by atoms with Gasteiger partial charge in [0, 0.05) is 5.56 Å². The summed E-state index contributed by atoms with van der Waals surface area (Å²) in [5, 5.41) is 8.73. The van der Waals surface area contributed by atoms with E-state index in [1.54, 1.807) is 0 Å². The van der Waals surface area contributed by atoms with Crippen molar-refractivity contribution in [3.05, 3.63) is 48.0 Å². The lowest BCUT2D eigenvalue weighted by molar-refractivity contribution is 0.201. The summed E-state index contributed by atoms with van der Waals surface area (Å²) in [4.78, 5) is 7.96. The zero-order valence-electron chi connectivity index (χ0n) is 11.3. The number of rotatable bonds is 4. The highest BCUT2D eigenvalue weighted by Gasteiger charge is 2.06. The van der Waals surface area contributed by atoms with Crippen LogP contribution in [0.1, 0.15) is 5.56 Å². The molecule has 1 aromatic heterocycles. The van der Waals surface area contributed by atoms with Crippen LogP contribution in [0.5, 0.6) is 5.75 Å². The van der Waals surface area contributed by atoms with E-state index in [0.29, 0.717) is 6.61 Å². The summed E-state index contributed by atoms with van der Waals surface area (Å²) in [6.45, 7) is 2.38. The monoisotopic (exact) mass is 268 g/mol. The van der Waals surface area contributed by atoms with E-state index in [4.69, 9.17) is 9.84 Å². The summed E-state index contributed by atoms with van der Waals surface area (Å²) < 4.78 is 5.34. The first kappa shape index (κ1) is 12.7. The van der Waals surface area contributed by atoms with Gasteiger partial charge in [0.05, 0.1) is 17.6 Å². The van der Waals surface area contributed by atoms with Crippen LogP contribution in [0.4, 0.5) is 0 Å². The van der Waals surface area contributed by atoms with E-state index in [1.165, 1.54) is 0 Å². The first-order chi connectivity index (χ1) is 9.78. The van der Waals surface area contributed by atoms with E-state index in [-0.39, 0.29) is 6.61 Å². The molecule has 2 N–H and O–H groups in total. The molecule has 3 aromatic rings. The van der Waals surface area contributed by atoms with E-state index in [0.717, 1.165) is 33.7 Å². The largest absolute Gasteiger partial charge is 0.491 e. The molecule has 0 radical (unpaired) electrons. The number of imidazole rings is 1. The van der Waals surface area contributed by atoms with Gasteiger partial charge in [0.15, 0.2) is 0 Å². The average molecular weight is 268 g/mol. The molecule has 4 heteroatoms. The molecule has 0 spiro atoms. The Kier molecular flexibility index (Phi) is 3.39. The molecule has 0 unspecified atom stereocenters. The first-order valence-corrected chi connectivity index (χ1v) is 6.57. The molecular weight excluding hydrogens is 252 g/mol. The van der Waals surface area contributed by atoms with Crippen molar-refractivity contribution in [2.45, 2.75) is 6.92 Å². The topological polar surface area (TPSA) is 58.1 Å². The Bertz CT molecular complexity index is 717. The summed E-state index contributed by atoms with van der Waals surface area (Å²) >= 11 is 0. The highest BCUT2D eigenvalue weighted by atomic mass is 16.5. The van der Waals surface area contributed by atoms with Crippen LogP contribution in [0.25, 0.3) is 22.4 Å². The minimum absolute atomic E-state index is 0.0185. The molecular formula is C16H16N2O2. The quantitative estimate of drug-likeness (QED) is 0.765. The number of ether oxygens (including phenoxy) is 1. The number of hydrogen-bond donors (Lipinski definition) is 2. The third-order valence-electron chi connectivity index (χ3n) is 3.20. The fourth-order valence-corrected chi connectivity index (χ4v) is 2.18. The van der Waals surface area contributed by atoms with Crippen molar-refractivity contribution in [1.82, 2.24) is 9.97 Å². The molecule has 0 saturated heterocycles. The number of nitrogens with zero attached hydrogens (tertiary/aromatic N) is 1. The van der Waals surface area contributed by atoms with E-state index in [9.17, 15) is 0 Å². The van der Waals surface area contributed by atoms with E-state index in [2.05, 4.69) is 23.0 Å². The molecule has 0 amide bonds.